The number of hydrogen-bond donors (Lipinski definition) is 2. The molecule has 1 aliphatic carbocycles. The van der Waals surface area contributed by atoms with Gasteiger partial charge >= 0.3 is 0 Å². The fourth-order valence-electron chi connectivity index (χ4n) is 3.85. The molecule has 0 spiro atoms. The number of benzene rings is 2. The predicted molar refractivity (Wildman–Crippen MR) is 100 cm³/mol. The van der Waals surface area contributed by atoms with E-state index in [9.17, 15) is 5.11 Å². The number of hydrogen-bond acceptors (Lipinski definition) is 2. The van der Waals surface area contributed by atoms with E-state index in [0.717, 1.165) is 6.42 Å². The van der Waals surface area contributed by atoms with Crippen molar-refractivity contribution in [1.82, 2.24) is 5.32 Å². The highest BCUT2D eigenvalue weighted by Crippen LogP contribution is 2.33. The van der Waals surface area contributed by atoms with Crippen LogP contribution in [-0.2, 0) is 6.42 Å². The van der Waals surface area contributed by atoms with Crippen molar-refractivity contribution in [3.63, 3.8) is 0 Å². The fraction of sp³-hybridized carbons (Fsp3) is 0.455. The van der Waals surface area contributed by atoms with Crippen LogP contribution in [0.3, 0.4) is 0 Å². The maximum Gasteiger partial charge on any atom is 0.115 e. The lowest BCUT2D eigenvalue weighted by Crippen LogP contribution is -2.39. The quantitative estimate of drug-likeness (QED) is 0.781. The van der Waals surface area contributed by atoms with E-state index in [2.05, 4.69) is 54.7 Å². The Hall–Kier alpha value is -1.80. The number of phenols is 1. The van der Waals surface area contributed by atoms with Gasteiger partial charge in [0.25, 0.3) is 0 Å². The molecule has 1 unspecified atom stereocenters. The van der Waals surface area contributed by atoms with E-state index in [0.29, 0.717) is 23.8 Å². The first-order valence-corrected chi connectivity index (χ1v) is 9.29. The summed E-state index contributed by atoms with van der Waals surface area (Å²) in [5, 5.41) is 13.2. The van der Waals surface area contributed by atoms with Crippen LogP contribution in [0.4, 0.5) is 0 Å². The average Bonchev–Trinajstić information content (AvgIpc) is 2.62. The maximum absolute atomic E-state index is 9.42. The van der Waals surface area contributed by atoms with Crippen LogP contribution < -0.4 is 5.32 Å². The van der Waals surface area contributed by atoms with Gasteiger partial charge in [-0.25, -0.2) is 0 Å². The summed E-state index contributed by atoms with van der Waals surface area (Å²) in [5.41, 5.74) is 2.81. The number of phenolic OH excluding ortho intramolecular Hbond substituents is 1. The third kappa shape index (κ3) is 4.85. The molecular weight excluding hydrogens is 294 g/mol. The molecule has 0 saturated heterocycles. The molecule has 2 aromatic rings. The minimum atomic E-state index is 0.362. The van der Waals surface area contributed by atoms with E-state index in [1.807, 2.05) is 12.1 Å². The van der Waals surface area contributed by atoms with Gasteiger partial charge in [-0.15, -0.1) is 0 Å². The van der Waals surface area contributed by atoms with Crippen molar-refractivity contribution in [2.75, 3.05) is 0 Å². The number of aryl methyl sites for hydroxylation is 1. The Kier molecular flexibility index (Phi) is 5.92. The second kappa shape index (κ2) is 8.34. The Balaban J connectivity index is 1.41. The highest BCUT2D eigenvalue weighted by molar-refractivity contribution is 5.28. The summed E-state index contributed by atoms with van der Waals surface area (Å²) in [6, 6.07) is 19.8. The first kappa shape index (κ1) is 17.0. The first-order valence-electron chi connectivity index (χ1n) is 9.29. The van der Waals surface area contributed by atoms with Crippen molar-refractivity contribution in [3.05, 3.63) is 65.7 Å². The lowest BCUT2D eigenvalue weighted by molar-refractivity contribution is 0.314. The Morgan fingerprint density at radius 2 is 1.62 bits per heavy atom. The molecule has 1 aliphatic rings. The molecule has 2 heteroatoms. The Labute approximate surface area is 145 Å². The monoisotopic (exact) mass is 323 g/mol. The number of rotatable bonds is 6. The normalized spacial score (nSPS) is 22.2. The maximum atomic E-state index is 9.42. The zero-order valence-electron chi connectivity index (χ0n) is 14.6. The molecule has 24 heavy (non-hydrogen) atoms. The molecule has 1 atom stereocenters. The zero-order chi connectivity index (χ0) is 16.8. The molecule has 1 saturated carbocycles. The van der Waals surface area contributed by atoms with E-state index in [1.54, 1.807) is 0 Å². The van der Waals surface area contributed by atoms with Crippen molar-refractivity contribution < 1.29 is 5.11 Å². The van der Waals surface area contributed by atoms with Gasteiger partial charge in [0, 0.05) is 12.1 Å². The van der Waals surface area contributed by atoms with Gasteiger partial charge in [-0.3, -0.25) is 0 Å². The Morgan fingerprint density at radius 1 is 0.958 bits per heavy atom. The topological polar surface area (TPSA) is 32.3 Å². The van der Waals surface area contributed by atoms with Gasteiger partial charge in [-0.1, -0.05) is 42.5 Å². The molecule has 2 nitrogen and oxygen atoms in total. The van der Waals surface area contributed by atoms with Crippen LogP contribution in [0.15, 0.2) is 54.6 Å². The molecule has 2 aromatic carbocycles. The van der Waals surface area contributed by atoms with Gasteiger partial charge in [0.1, 0.15) is 5.75 Å². The van der Waals surface area contributed by atoms with Crippen LogP contribution in [0.5, 0.6) is 5.75 Å². The molecule has 0 bridgehead atoms. The minimum absolute atomic E-state index is 0.362. The molecule has 1 fully saturated rings. The fourth-order valence-corrected chi connectivity index (χ4v) is 3.85. The van der Waals surface area contributed by atoms with E-state index >= 15 is 0 Å². The molecule has 128 valence electrons. The van der Waals surface area contributed by atoms with Gasteiger partial charge in [0.15, 0.2) is 0 Å². The van der Waals surface area contributed by atoms with Crippen molar-refractivity contribution in [3.8, 4) is 5.75 Å². The van der Waals surface area contributed by atoms with Gasteiger partial charge in [0.2, 0.25) is 0 Å². The largest absolute Gasteiger partial charge is 0.508 e. The van der Waals surface area contributed by atoms with Crippen molar-refractivity contribution >= 4 is 0 Å². The number of aromatic hydroxyl groups is 1. The molecular formula is C22H29NO. The summed E-state index contributed by atoms with van der Waals surface area (Å²) in [4.78, 5) is 0. The average molecular weight is 323 g/mol. The molecule has 0 aromatic heterocycles. The van der Waals surface area contributed by atoms with Crippen LogP contribution in [0.2, 0.25) is 0 Å². The summed E-state index contributed by atoms with van der Waals surface area (Å²) in [6.45, 7) is 2.31. The number of nitrogens with one attached hydrogen (secondary N) is 1. The zero-order valence-corrected chi connectivity index (χ0v) is 14.6. The molecule has 0 radical (unpaired) electrons. The highest BCUT2D eigenvalue weighted by Gasteiger charge is 2.23. The van der Waals surface area contributed by atoms with Crippen molar-refractivity contribution in [2.24, 2.45) is 0 Å². The molecule has 3 rings (SSSR count). The van der Waals surface area contributed by atoms with Crippen molar-refractivity contribution in [2.45, 2.75) is 63.5 Å². The van der Waals surface area contributed by atoms with Crippen molar-refractivity contribution in [1.29, 1.82) is 0 Å². The van der Waals surface area contributed by atoms with Gasteiger partial charge < -0.3 is 10.4 Å². The van der Waals surface area contributed by atoms with Gasteiger partial charge in [-0.05, 0) is 74.6 Å². The van der Waals surface area contributed by atoms with Crippen LogP contribution in [0.25, 0.3) is 0 Å². The Morgan fingerprint density at radius 3 is 2.29 bits per heavy atom. The second-order valence-corrected chi connectivity index (χ2v) is 7.23. The summed E-state index contributed by atoms with van der Waals surface area (Å²) in [7, 11) is 0. The van der Waals surface area contributed by atoms with E-state index < -0.39 is 0 Å². The molecule has 0 aliphatic heterocycles. The van der Waals surface area contributed by atoms with E-state index in [1.165, 1.54) is 43.2 Å². The minimum Gasteiger partial charge on any atom is -0.508 e. The predicted octanol–water partition coefficient (Wildman–Crippen LogP) is 5.03. The van der Waals surface area contributed by atoms with Gasteiger partial charge in [0.05, 0.1) is 0 Å². The highest BCUT2D eigenvalue weighted by atomic mass is 16.3. The molecule has 2 N–H and O–H groups in total. The summed E-state index contributed by atoms with van der Waals surface area (Å²) in [6.07, 6.45) is 7.34. The van der Waals surface area contributed by atoms with Crippen LogP contribution in [0.1, 0.15) is 56.1 Å². The standard InChI is InChI=1S/C22H29NO/c1-17(7-8-18-5-3-2-4-6-18)23-21-13-9-19(10-14-21)20-11-15-22(24)16-12-20/h2-6,11-12,15-17,19,21,23-24H,7-10,13-14H2,1H3/t17?,19-,21+. The molecule has 0 amide bonds. The smallest absolute Gasteiger partial charge is 0.115 e. The lowest BCUT2D eigenvalue weighted by Gasteiger charge is -2.31. The SMILES string of the molecule is CC(CCc1ccccc1)N[C@H]1CC[C@@H](c2ccc(O)cc2)CC1. The third-order valence-electron chi connectivity index (χ3n) is 5.32. The third-order valence-corrected chi connectivity index (χ3v) is 5.32. The van der Waals surface area contributed by atoms with Crippen LogP contribution in [-0.4, -0.2) is 17.2 Å². The molecule has 0 heterocycles. The summed E-state index contributed by atoms with van der Waals surface area (Å²) in [5.74, 6) is 1.02. The van der Waals surface area contributed by atoms with Gasteiger partial charge in [-0.2, -0.15) is 0 Å². The van der Waals surface area contributed by atoms with Crippen LogP contribution in [0, 0.1) is 0 Å². The Bertz CT molecular complexity index is 600. The summed E-state index contributed by atoms with van der Waals surface area (Å²) < 4.78 is 0. The van der Waals surface area contributed by atoms with Crippen LogP contribution >= 0.6 is 0 Å². The van der Waals surface area contributed by atoms with E-state index in [-0.39, 0.29) is 0 Å². The second-order valence-electron chi connectivity index (χ2n) is 7.23. The summed E-state index contributed by atoms with van der Waals surface area (Å²) >= 11 is 0. The lowest BCUT2D eigenvalue weighted by atomic mass is 9.81. The first-order chi connectivity index (χ1) is 11.7. The van der Waals surface area contributed by atoms with E-state index in [4.69, 9.17) is 0 Å².